The number of piperidine rings is 1. The van der Waals surface area contributed by atoms with Crippen molar-refractivity contribution < 1.29 is 24.6 Å². The molecule has 2 unspecified atom stereocenters. The lowest BCUT2D eigenvalue weighted by molar-refractivity contribution is -0.165. The van der Waals surface area contributed by atoms with Gasteiger partial charge in [0.15, 0.2) is 0 Å². The van der Waals surface area contributed by atoms with E-state index in [0.29, 0.717) is 10.6 Å². The van der Waals surface area contributed by atoms with Crippen LogP contribution in [0, 0.1) is 0 Å². The third-order valence-corrected chi connectivity index (χ3v) is 3.00. The number of carboxylic acids is 1. The molecule has 3 N–H and O–H groups in total. The van der Waals surface area contributed by atoms with Gasteiger partial charge in [-0.25, -0.2) is 4.79 Å². The highest BCUT2D eigenvalue weighted by Crippen LogP contribution is 2.20. The van der Waals surface area contributed by atoms with E-state index in [1.807, 2.05) is 0 Å². The van der Waals surface area contributed by atoms with Gasteiger partial charge in [-0.2, -0.15) is 0 Å². The minimum Gasteiger partial charge on any atom is -0.480 e. The fraction of sp³-hybridized carbons (Fsp3) is 0.500. The quantitative estimate of drug-likeness (QED) is 0.429. The number of aliphatic hydroxyl groups is 1. The molecule has 1 heterocycles. The van der Waals surface area contributed by atoms with Crippen LogP contribution in [0.1, 0.15) is 19.3 Å². The van der Waals surface area contributed by atoms with Crippen molar-refractivity contribution in [1.82, 2.24) is 10.2 Å². The Labute approximate surface area is 115 Å². The average Bonchev–Trinajstić information content (AvgIpc) is 2.40. The Balaban J connectivity index is 3.03. The molecule has 1 aliphatic heterocycles. The molecular formula is C12H17N3O5. The number of hydrogen-bond donors (Lipinski definition) is 3. The normalized spacial score (nSPS) is 21.6. The molecule has 0 radical (unpaired) electrons. The molecule has 8 heteroatoms. The number of carbonyl (C=O) groups excluding carboxylic acids is 2. The van der Waals surface area contributed by atoms with E-state index in [-0.39, 0.29) is 19.3 Å². The zero-order valence-electron chi connectivity index (χ0n) is 11.1. The van der Waals surface area contributed by atoms with Gasteiger partial charge in [0.05, 0.1) is 0 Å². The van der Waals surface area contributed by atoms with Crippen molar-refractivity contribution in [2.45, 2.75) is 31.4 Å². The van der Waals surface area contributed by atoms with Crippen molar-refractivity contribution >= 4 is 24.5 Å². The molecule has 0 bridgehead atoms. The maximum absolute atomic E-state index is 11.8. The molecule has 20 heavy (non-hydrogen) atoms. The van der Waals surface area contributed by atoms with Crippen LogP contribution in [0.15, 0.2) is 16.9 Å². The summed E-state index contributed by atoms with van der Waals surface area (Å²) in [5.74, 6) is -2.81. The number of aliphatic hydroxyl groups excluding tert-OH is 1. The largest absolute Gasteiger partial charge is 0.480 e. The molecule has 1 saturated heterocycles. The van der Waals surface area contributed by atoms with Crippen LogP contribution in [0.4, 0.5) is 0 Å². The molecule has 2 amide bonds. The van der Waals surface area contributed by atoms with Crippen molar-refractivity contribution in [3.05, 3.63) is 11.9 Å². The van der Waals surface area contributed by atoms with Crippen LogP contribution in [-0.2, 0) is 14.4 Å². The number of aliphatic imine (C=N–C) groups is 1. The molecule has 8 nitrogen and oxygen atoms in total. The van der Waals surface area contributed by atoms with Crippen LogP contribution in [0.2, 0.25) is 0 Å². The summed E-state index contributed by atoms with van der Waals surface area (Å²) in [6, 6.07) is -1.38. The van der Waals surface area contributed by atoms with Gasteiger partial charge in [0.2, 0.25) is 5.91 Å². The number of likely N-dealkylation sites (tertiary alicyclic amines) is 1. The molecular weight excluding hydrogens is 266 g/mol. The summed E-state index contributed by atoms with van der Waals surface area (Å²) in [4.78, 5) is 39.1. The predicted octanol–water partition coefficient (Wildman–Crippen LogP) is -0.899. The Kier molecular flexibility index (Phi) is 5.39. The van der Waals surface area contributed by atoms with Gasteiger partial charge in [-0.15, -0.1) is 0 Å². The summed E-state index contributed by atoms with van der Waals surface area (Å²) in [6.07, 6.45) is -0.201. The fourth-order valence-corrected chi connectivity index (χ4v) is 1.94. The Morgan fingerprint density at radius 2 is 2.30 bits per heavy atom. The van der Waals surface area contributed by atoms with Crippen LogP contribution in [-0.4, -0.2) is 58.8 Å². The molecule has 0 aromatic rings. The minimum atomic E-state index is -1.38. The summed E-state index contributed by atoms with van der Waals surface area (Å²) in [7, 11) is 1.56. The summed E-state index contributed by atoms with van der Waals surface area (Å²) >= 11 is 0. The number of aliphatic carboxylic acids is 1. The third kappa shape index (κ3) is 3.41. The van der Waals surface area contributed by atoms with Gasteiger partial charge in [-0.1, -0.05) is 0 Å². The van der Waals surface area contributed by atoms with Gasteiger partial charge in [0, 0.05) is 31.8 Å². The van der Waals surface area contributed by atoms with E-state index in [9.17, 15) is 24.6 Å². The first-order chi connectivity index (χ1) is 9.42. The number of amides is 2. The highest BCUT2D eigenvalue weighted by molar-refractivity contribution is 6.03. The Morgan fingerprint density at radius 3 is 2.80 bits per heavy atom. The van der Waals surface area contributed by atoms with Crippen LogP contribution in [0.3, 0.4) is 0 Å². The van der Waals surface area contributed by atoms with Crippen LogP contribution in [0.25, 0.3) is 0 Å². The monoisotopic (exact) mass is 283 g/mol. The molecule has 0 saturated carbocycles. The van der Waals surface area contributed by atoms with Crippen molar-refractivity contribution in [3.63, 3.8) is 0 Å². The average molecular weight is 283 g/mol. The van der Waals surface area contributed by atoms with Crippen molar-refractivity contribution in [2.24, 2.45) is 4.99 Å². The van der Waals surface area contributed by atoms with Crippen LogP contribution in [0.5, 0.6) is 0 Å². The number of hydrogen-bond acceptors (Lipinski definition) is 6. The summed E-state index contributed by atoms with van der Waals surface area (Å²) in [5, 5.41) is 21.4. The lowest BCUT2D eigenvalue weighted by Crippen LogP contribution is -2.55. The second-order valence-corrected chi connectivity index (χ2v) is 4.30. The van der Waals surface area contributed by atoms with Gasteiger partial charge in [-0.3, -0.25) is 19.5 Å². The van der Waals surface area contributed by atoms with Crippen molar-refractivity contribution in [2.75, 3.05) is 7.05 Å². The van der Waals surface area contributed by atoms with Crippen molar-refractivity contribution in [1.29, 1.82) is 0 Å². The van der Waals surface area contributed by atoms with Gasteiger partial charge < -0.3 is 15.5 Å². The fourth-order valence-electron chi connectivity index (χ4n) is 1.94. The van der Waals surface area contributed by atoms with E-state index in [4.69, 9.17) is 0 Å². The zero-order chi connectivity index (χ0) is 15.3. The van der Waals surface area contributed by atoms with Gasteiger partial charge in [-0.05, 0) is 13.1 Å². The summed E-state index contributed by atoms with van der Waals surface area (Å²) in [5.41, 5.74) is 0.410. The SMILES string of the molecule is C=N/C=C(/CC(C(=O)O)N1C(=O)CCC(O)C1=O)NC. The summed E-state index contributed by atoms with van der Waals surface area (Å²) in [6.45, 7) is 3.25. The second-order valence-electron chi connectivity index (χ2n) is 4.30. The molecule has 2 atom stereocenters. The maximum Gasteiger partial charge on any atom is 0.327 e. The lowest BCUT2D eigenvalue weighted by Gasteiger charge is -2.32. The molecule has 0 aromatic carbocycles. The zero-order valence-corrected chi connectivity index (χ0v) is 11.1. The topological polar surface area (TPSA) is 119 Å². The van der Waals surface area contributed by atoms with Crippen LogP contribution >= 0.6 is 0 Å². The highest BCUT2D eigenvalue weighted by Gasteiger charge is 2.41. The number of nitrogens with zero attached hydrogens (tertiary/aromatic N) is 2. The summed E-state index contributed by atoms with van der Waals surface area (Å²) < 4.78 is 0. The highest BCUT2D eigenvalue weighted by atomic mass is 16.4. The smallest absolute Gasteiger partial charge is 0.327 e. The minimum absolute atomic E-state index is 0.0173. The molecule has 1 rings (SSSR count). The standard InChI is InChI=1S/C12H17N3O5/c1-13-6-7(14-2)5-8(12(19)20)15-10(17)4-3-9(16)11(15)18/h6,8-9,14,16H,1,3-5H2,2H3,(H,19,20)/b7-6-. The third-order valence-electron chi connectivity index (χ3n) is 3.00. The Morgan fingerprint density at radius 1 is 1.65 bits per heavy atom. The molecule has 110 valence electrons. The van der Waals surface area contributed by atoms with E-state index in [0.717, 1.165) is 0 Å². The first kappa shape index (κ1) is 15.8. The molecule has 0 spiro atoms. The second kappa shape index (κ2) is 6.80. The predicted molar refractivity (Wildman–Crippen MR) is 69.8 cm³/mol. The Bertz CT molecular complexity index is 460. The van der Waals surface area contributed by atoms with E-state index in [2.05, 4.69) is 17.0 Å². The van der Waals surface area contributed by atoms with Gasteiger partial charge >= 0.3 is 5.97 Å². The van der Waals surface area contributed by atoms with Crippen LogP contribution < -0.4 is 5.32 Å². The van der Waals surface area contributed by atoms with E-state index >= 15 is 0 Å². The Hall–Kier alpha value is -2.22. The number of carbonyl (C=O) groups is 3. The number of nitrogens with one attached hydrogen (secondary N) is 1. The number of rotatable bonds is 6. The van der Waals surface area contributed by atoms with Gasteiger partial charge in [0.25, 0.3) is 5.91 Å². The number of imide groups is 1. The van der Waals surface area contributed by atoms with Crippen molar-refractivity contribution in [3.8, 4) is 0 Å². The lowest BCUT2D eigenvalue weighted by atomic mass is 10.0. The maximum atomic E-state index is 11.8. The number of carboxylic acid groups (broad SMARTS) is 1. The van der Waals surface area contributed by atoms with E-state index < -0.39 is 29.9 Å². The molecule has 0 aliphatic carbocycles. The first-order valence-corrected chi connectivity index (χ1v) is 6.01. The molecule has 0 aromatic heterocycles. The van der Waals surface area contributed by atoms with E-state index in [1.54, 1.807) is 7.05 Å². The first-order valence-electron chi connectivity index (χ1n) is 6.01. The van der Waals surface area contributed by atoms with Gasteiger partial charge in [0.1, 0.15) is 12.1 Å². The van der Waals surface area contributed by atoms with E-state index in [1.165, 1.54) is 6.20 Å². The molecule has 1 aliphatic rings. The molecule has 1 fully saturated rings.